The minimum atomic E-state index is -4.45. The van der Waals surface area contributed by atoms with Gasteiger partial charge in [0.05, 0.1) is 12.8 Å². The second-order valence-electron chi connectivity index (χ2n) is 4.39. The van der Waals surface area contributed by atoms with E-state index in [2.05, 4.69) is 10.3 Å². The van der Waals surface area contributed by atoms with Crippen LogP contribution in [0, 0.1) is 0 Å². The summed E-state index contributed by atoms with van der Waals surface area (Å²) < 4.78 is 41.6. The van der Waals surface area contributed by atoms with E-state index in [0.29, 0.717) is 16.3 Å². The van der Waals surface area contributed by atoms with Gasteiger partial charge in [-0.05, 0) is 12.1 Å². The number of hydrogen-bond donors (Lipinski definition) is 2. The molecule has 0 aliphatic rings. The summed E-state index contributed by atoms with van der Waals surface area (Å²) in [6.07, 6.45) is -4.45. The molecule has 0 atom stereocenters. The van der Waals surface area contributed by atoms with Crippen LogP contribution >= 0.6 is 0 Å². The van der Waals surface area contributed by atoms with Crippen LogP contribution < -0.4 is 15.8 Å². The zero-order valence-corrected chi connectivity index (χ0v) is 12.1. The number of ether oxygens (including phenoxy) is 1. The average Bonchev–Trinajstić information content (AvgIpc) is 2.43. The number of nitrogens with zero attached hydrogens (tertiary/aromatic N) is 2. The average molecular weight is 318 g/mol. The van der Waals surface area contributed by atoms with Gasteiger partial charge in [0.1, 0.15) is 18.8 Å². The first-order valence-corrected chi connectivity index (χ1v) is 6.23. The van der Waals surface area contributed by atoms with Crippen molar-refractivity contribution in [3.63, 3.8) is 0 Å². The lowest BCUT2D eigenvalue weighted by Crippen LogP contribution is -2.37. The molecule has 0 aliphatic heterocycles. The second kappa shape index (κ2) is 7.53. The smallest absolute Gasteiger partial charge is 0.406 e. The van der Waals surface area contributed by atoms with Gasteiger partial charge >= 0.3 is 6.18 Å². The van der Waals surface area contributed by atoms with E-state index >= 15 is 0 Å². The van der Waals surface area contributed by atoms with Crippen molar-refractivity contribution >= 4 is 17.6 Å². The summed E-state index contributed by atoms with van der Waals surface area (Å²) in [5, 5.41) is 2.71. The minimum absolute atomic E-state index is 0.0988. The Morgan fingerprint density at radius 2 is 2.05 bits per heavy atom. The predicted octanol–water partition coefficient (Wildman–Crippen LogP) is 1.44. The first-order valence-electron chi connectivity index (χ1n) is 6.23. The molecule has 0 fully saturated rings. The first-order chi connectivity index (χ1) is 10.2. The van der Waals surface area contributed by atoms with Gasteiger partial charge < -0.3 is 20.7 Å². The number of nitrogens with one attached hydrogen (secondary N) is 1. The van der Waals surface area contributed by atoms with E-state index in [0.717, 1.165) is 7.05 Å². The van der Waals surface area contributed by atoms with Crippen LogP contribution in [0.25, 0.3) is 0 Å². The molecule has 0 saturated heterocycles. The second-order valence-corrected chi connectivity index (χ2v) is 4.39. The van der Waals surface area contributed by atoms with E-state index in [4.69, 9.17) is 10.5 Å². The van der Waals surface area contributed by atoms with E-state index < -0.39 is 25.2 Å². The maximum Gasteiger partial charge on any atom is 0.406 e. The molecule has 1 aromatic carbocycles. The molecule has 1 rings (SSSR count). The van der Waals surface area contributed by atoms with Gasteiger partial charge in [-0.2, -0.15) is 13.2 Å². The minimum Gasteiger partial charge on any atom is -0.495 e. The van der Waals surface area contributed by atoms with Crippen LogP contribution in [-0.4, -0.2) is 50.2 Å². The summed E-state index contributed by atoms with van der Waals surface area (Å²) in [7, 11) is 2.53. The van der Waals surface area contributed by atoms with Gasteiger partial charge in [0.15, 0.2) is 5.96 Å². The van der Waals surface area contributed by atoms with Gasteiger partial charge in [-0.15, -0.1) is 0 Å². The molecule has 0 spiro atoms. The van der Waals surface area contributed by atoms with Crippen LogP contribution in [0.1, 0.15) is 0 Å². The number of amides is 1. The maximum atomic E-state index is 12.2. The molecule has 0 radical (unpaired) electrons. The summed E-state index contributed by atoms with van der Waals surface area (Å²) in [6, 6.07) is 6.87. The SMILES string of the molecule is COc1ccccc1NC(N)=NCC(=O)N(C)CC(F)(F)F. The van der Waals surface area contributed by atoms with Gasteiger partial charge in [-0.1, -0.05) is 12.1 Å². The Balaban J connectivity index is 2.60. The van der Waals surface area contributed by atoms with Crippen LogP contribution in [-0.2, 0) is 4.79 Å². The van der Waals surface area contributed by atoms with Gasteiger partial charge in [0.2, 0.25) is 5.91 Å². The van der Waals surface area contributed by atoms with Gasteiger partial charge in [-0.25, -0.2) is 4.99 Å². The van der Waals surface area contributed by atoms with Crippen LogP contribution in [0.15, 0.2) is 29.3 Å². The number of nitrogens with two attached hydrogens (primary N) is 1. The summed E-state index contributed by atoms with van der Waals surface area (Å²) in [5.74, 6) is -0.374. The topological polar surface area (TPSA) is 80.0 Å². The highest BCUT2D eigenvalue weighted by atomic mass is 19.4. The zero-order valence-electron chi connectivity index (χ0n) is 12.1. The number of benzene rings is 1. The number of para-hydroxylation sites is 2. The van der Waals surface area contributed by atoms with Crippen molar-refractivity contribution in [2.24, 2.45) is 10.7 Å². The normalized spacial score (nSPS) is 12.0. The number of anilines is 1. The van der Waals surface area contributed by atoms with Crippen LogP contribution in [0.2, 0.25) is 0 Å². The van der Waals surface area contributed by atoms with Crippen molar-refractivity contribution in [2.45, 2.75) is 6.18 Å². The fourth-order valence-corrected chi connectivity index (χ4v) is 1.56. The van der Waals surface area contributed by atoms with E-state index in [1.165, 1.54) is 7.11 Å². The van der Waals surface area contributed by atoms with Crippen molar-refractivity contribution in [3.05, 3.63) is 24.3 Å². The number of hydrogen-bond acceptors (Lipinski definition) is 3. The first kappa shape index (κ1) is 17.6. The molecule has 0 bridgehead atoms. The summed E-state index contributed by atoms with van der Waals surface area (Å²) in [5.41, 5.74) is 6.13. The third kappa shape index (κ3) is 5.90. The molecule has 0 aromatic heterocycles. The van der Waals surface area contributed by atoms with Crippen LogP contribution in [0.5, 0.6) is 5.75 Å². The number of alkyl halides is 3. The standard InChI is InChI=1S/C13H17F3N4O2/c1-20(8-13(14,15)16)11(21)7-18-12(17)19-9-5-3-4-6-10(9)22-2/h3-6H,7-8H2,1-2H3,(H3,17,18,19). The molecular formula is C13H17F3N4O2. The number of aliphatic imine (C=N–C) groups is 1. The molecule has 0 heterocycles. The number of likely N-dealkylation sites (N-methyl/N-ethyl adjacent to an activating group) is 1. The number of methoxy groups -OCH3 is 1. The fraction of sp³-hybridized carbons (Fsp3) is 0.385. The summed E-state index contributed by atoms with van der Waals surface area (Å²) in [4.78, 5) is 15.8. The maximum absolute atomic E-state index is 12.2. The van der Waals surface area contributed by atoms with Crippen molar-refractivity contribution < 1.29 is 22.7 Å². The van der Waals surface area contributed by atoms with Crippen LogP contribution in [0.4, 0.5) is 18.9 Å². The molecule has 9 heteroatoms. The highest BCUT2D eigenvalue weighted by Crippen LogP contribution is 2.22. The summed E-state index contributed by atoms with van der Waals surface area (Å²) >= 11 is 0. The molecule has 1 aromatic rings. The third-order valence-corrected chi connectivity index (χ3v) is 2.60. The Labute approximate surface area is 125 Å². The molecule has 22 heavy (non-hydrogen) atoms. The molecule has 1 amide bonds. The predicted molar refractivity (Wildman–Crippen MR) is 76.8 cm³/mol. The van der Waals surface area contributed by atoms with E-state index in [1.54, 1.807) is 24.3 Å². The Kier molecular flexibility index (Phi) is 6.02. The lowest BCUT2D eigenvalue weighted by Gasteiger charge is -2.18. The number of halogens is 3. The number of rotatable bonds is 5. The number of guanidine groups is 1. The molecule has 3 N–H and O–H groups in total. The Morgan fingerprint density at radius 1 is 1.41 bits per heavy atom. The number of carbonyl (C=O) groups is 1. The molecule has 6 nitrogen and oxygen atoms in total. The van der Waals surface area contributed by atoms with Gasteiger partial charge in [-0.3, -0.25) is 4.79 Å². The monoisotopic (exact) mass is 318 g/mol. The van der Waals surface area contributed by atoms with Crippen molar-refractivity contribution in [2.75, 3.05) is 32.6 Å². The Bertz CT molecular complexity index is 546. The molecule has 0 aliphatic carbocycles. The highest BCUT2D eigenvalue weighted by molar-refractivity contribution is 5.95. The van der Waals surface area contributed by atoms with Crippen molar-refractivity contribution in [3.8, 4) is 5.75 Å². The van der Waals surface area contributed by atoms with Crippen molar-refractivity contribution in [1.82, 2.24) is 4.90 Å². The lowest BCUT2D eigenvalue weighted by molar-refractivity contribution is -0.157. The molecular weight excluding hydrogens is 301 g/mol. The number of carbonyl (C=O) groups excluding carboxylic acids is 1. The van der Waals surface area contributed by atoms with E-state index in [1.807, 2.05) is 0 Å². The Morgan fingerprint density at radius 3 is 2.64 bits per heavy atom. The van der Waals surface area contributed by atoms with E-state index in [-0.39, 0.29) is 5.96 Å². The molecule has 122 valence electrons. The molecule has 0 saturated carbocycles. The molecule has 0 unspecified atom stereocenters. The lowest BCUT2D eigenvalue weighted by atomic mass is 10.3. The van der Waals surface area contributed by atoms with Gasteiger partial charge in [0.25, 0.3) is 0 Å². The Hall–Kier alpha value is -2.45. The summed E-state index contributed by atoms with van der Waals surface area (Å²) in [6.45, 7) is -1.82. The third-order valence-electron chi connectivity index (χ3n) is 2.60. The quantitative estimate of drug-likeness (QED) is 0.636. The van der Waals surface area contributed by atoms with E-state index in [9.17, 15) is 18.0 Å². The van der Waals surface area contributed by atoms with Crippen molar-refractivity contribution in [1.29, 1.82) is 0 Å². The van der Waals surface area contributed by atoms with Gasteiger partial charge in [0, 0.05) is 7.05 Å². The largest absolute Gasteiger partial charge is 0.495 e. The van der Waals surface area contributed by atoms with Crippen LogP contribution in [0.3, 0.4) is 0 Å². The fourth-order valence-electron chi connectivity index (χ4n) is 1.56. The zero-order chi connectivity index (χ0) is 16.8. The highest BCUT2D eigenvalue weighted by Gasteiger charge is 2.30.